The Morgan fingerprint density at radius 1 is 1.20 bits per heavy atom. The summed E-state index contributed by atoms with van der Waals surface area (Å²) in [6.45, 7) is 9.12. The Balaban J connectivity index is 1.70. The molecule has 2 nitrogen and oxygen atoms in total. The van der Waals surface area contributed by atoms with E-state index in [1.54, 1.807) is 12.1 Å². The second-order valence-electron chi connectivity index (χ2n) is 6.21. The first-order valence-corrected chi connectivity index (χ1v) is 7.87. The summed E-state index contributed by atoms with van der Waals surface area (Å²) in [5.41, 5.74) is 1.00. The first-order valence-electron chi connectivity index (χ1n) is 7.87. The van der Waals surface area contributed by atoms with Gasteiger partial charge in [0, 0.05) is 18.8 Å². The molecule has 0 bridgehead atoms. The van der Waals surface area contributed by atoms with Gasteiger partial charge < -0.3 is 10.2 Å². The van der Waals surface area contributed by atoms with Crippen molar-refractivity contribution in [3.05, 3.63) is 30.1 Å². The summed E-state index contributed by atoms with van der Waals surface area (Å²) in [5.74, 6) is 1.53. The Hall–Kier alpha value is -1.09. The smallest absolute Gasteiger partial charge is 0.123 e. The minimum absolute atomic E-state index is 0.178. The number of likely N-dealkylation sites (tertiary alicyclic amines) is 1. The van der Waals surface area contributed by atoms with E-state index in [9.17, 15) is 4.39 Å². The zero-order chi connectivity index (χ0) is 14.4. The summed E-state index contributed by atoms with van der Waals surface area (Å²) in [5, 5.41) is 3.37. The second-order valence-corrected chi connectivity index (χ2v) is 6.21. The normalized spacial score (nSPS) is 20.9. The van der Waals surface area contributed by atoms with Crippen LogP contribution in [0.2, 0.25) is 0 Å². The number of halogens is 1. The molecule has 1 saturated heterocycles. The van der Waals surface area contributed by atoms with Gasteiger partial charge in [-0.2, -0.15) is 0 Å². The summed E-state index contributed by atoms with van der Waals surface area (Å²) in [4.78, 5) is 2.55. The molecule has 1 aliphatic heterocycles. The number of rotatable bonds is 5. The van der Waals surface area contributed by atoms with Crippen molar-refractivity contribution in [2.24, 2.45) is 11.8 Å². The number of benzene rings is 1. The van der Waals surface area contributed by atoms with Gasteiger partial charge in [-0.15, -0.1) is 0 Å². The van der Waals surface area contributed by atoms with Crippen molar-refractivity contribution in [1.29, 1.82) is 0 Å². The highest BCUT2D eigenvalue weighted by Crippen LogP contribution is 2.24. The molecule has 0 radical (unpaired) electrons. The molecule has 1 atom stereocenters. The van der Waals surface area contributed by atoms with Gasteiger partial charge in [-0.1, -0.05) is 13.8 Å². The van der Waals surface area contributed by atoms with Gasteiger partial charge in [0.05, 0.1) is 0 Å². The van der Waals surface area contributed by atoms with Gasteiger partial charge >= 0.3 is 0 Å². The van der Waals surface area contributed by atoms with Crippen molar-refractivity contribution >= 4 is 5.69 Å². The van der Waals surface area contributed by atoms with Crippen molar-refractivity contribution in [2.45, 2.75) is 33.1 Å². The molecule has 1 aromatic carbocycles. The largest absolute Gasteiger partial charge is 0.384 e. The highest BCUT2D eigenvalue weighted by Gasteiger charge is 2.18. The van der Waals surface area contributed by atoms with Crippen molar-refractivity contribution in [2.75, 3.05) is 31.5 Å². The number of hydrogen-bond acceptors (Lipinski definition) is 2. The SMILES string of the molecule is CC(C)C1CCCN(CCNc2ccc(F)cc2)CC1. The Morgan fingerprint density at radius 3 is 2.65 bits per heavy atom. The topological polar surface area (TPSA) is 15.3 Å². The minimum atomic E-state index is -0.178. The van der Waals surface area contributed by atoms with E-state index >= 15 is 0 Å². The van der Waals surface area contributed by atoms with E-state index in [-0.39, 0.29) is 5.82 Å². The zero-order valence-electron chi connectivity index (χ0n) is 12.7. The van der Waals surface area contributed by atoms with Crippen LogP contribution in [0.5, 0.6) is 0 Å². The fourth-order valence-corrected chi connectivity index (χ4v) is 3.00. The summed E-state index contributed by atoms with van der Waals surface area (Å²) in [6, 6.07) is 6.60. The molecule has 1 N–H and O–H groups in total. The number of nitrogens with one attached hydrogen (secondary N) is 1. The van der Waals surface area contributed by atoms with Gasteiger partial charge in [0.2, 0.25) is 0 Å². The van der Waals surface area contributed by atoms with E-state index in [2.05, 4.69) is 24.1 Å². The Morgan fingerprint density at radius 2 is 1.95 bits per heavy atom. The van der Waals surface area contributed by atoms with E-state index in [0.29, 0.717) is 0 Å². The predicted molar refractivity (Wildman–Crippen MR) is 83.5 cm³/mol. The van der Waals surface area contributed by atoms with Crippen LogP contribution >= 0.6 is 0 Å². The molecule has 1 aliphatic rings. The third kappa shape index (κ3) is 4.78. The molecule has 0 aromatic heterocycles. The van der Waals surface area contributed by atoms with Gasteiger partial charge in [-0.05, 0) is 68.5 Å². The molecule has 0 amide bonds. The monoisotopic (exact) mass is 278 g/mol. The number of nitrogens with zero attached hydrogens (tertiary/aromatic N) is 1. The van der Waals surface area contributed by atoms with Crippen LogP contribution in [-0.2, 0) is 0 Å². The molecule has 0 saturated carbocycles. The van der Waals surface area contributed by atoms with Crippen molar-refractivity contribution in [3.8, 4) is 0 Å². The first-order chi connectivity index (χ1) is 9.65. The van der Waals surface area contributed by atoms with Gasteiger partial charge in [0.1, 0.15) is 5.82 Å². The summed E-state index contributed by atoms with van der Waals surface area (Å²) in [7, 11) is 0. The van der Waals surface area contributed by atoms with E-state index in [1.165, 1.54) is 44.5 Å². The lowest BCUT2D eigenvalue weighted by molar-refractivity contribution is 0.281. The zero-order valence-corrected chi connectivity index (χ0v) is 12.7. The summed E-state index contributed by atoms with van der Waals surface area (Å²) in [6.07, 6.45) is 4.02. The lowest BCUT2D eigenvalue weighted by Crippen LogP contribution is -2.30. The molecule has 1 fully saturated rings. The van der Waals surface area contributed by atoms with E-state index in [4.69, 9.17) is 0 Å². The Kier molecular flexibility index (Phi) is 5.84. The predicted octanol–water partition coefficient (Wildman–Crippen LogP) is 4.00. The number of anilines is 1. The quantitative estimate of drug-likeness (QED) is 0.876. The molecular formula is C17H27FN2. The third-order valence-corrected chi connectivity index (χ3v) is 4.41. The highest BCUT2D eigenvalue weighted by molar-refractivity contribution is 5.42. The Bertz CT molecular complexity index is 388. The lowest BCUT2D eigenvalue weighted by atomic mass is 9.89. The van der Waals surface area contributed by atoms with Crippen LogP contribution in [0.4, 0.5) is 10.1 Å². The van der Waals surface area contributed by atoms with Crippen molar-refractivity contribution in [3.63, 3.8) is 0 Å². The molecule has 112 valence electrons. The van der Waals surface area contributed by atoms with Crippen LogP contribution in [0.3, 0.4) is 0 Å². The lowest BCUT2D eigenvalue weighted by Gasteiger charge is -2.21. The maximum absolute atomic E-state index is 12.8. The molecule has 0 aliphatic carbocycles. The Labute approximate surface area is 122 Å². The van der Waals surface area contributed by atoms with Crippen LogP contribution in [0, 0.1) is 17.7 Å². The average Bonchev–Trinajstić information content (AvgIpc) is 2.67. The maximum Gasteiger partial charge on any atom is 0.123 e. The summed E-state index contributed by atoms with van der Waals surface area (Å²) < 4.78 is 12.8. The third-order valence-electron chi connectivity index (χ3n) is 4.41. The van der Waals surface area contributed by atoms with Crippen LogP contribution in [0.15, 0.2) is 24.3 Å². The van der Waals surface area contributed by atoms with Crippen molar-refractivity contribution < 1.29 is 4.39 Å². The average molecular weight is 278 g/mol. The molecule has 0 spiro atoms. The first kappa shape index (κ1) is 15.3. The van der Waals surface area contributed by atoms with Crippen LogP contribution in [0.25, 0.3) is 0 Å². The standard InChI is InChI=1S/C17H27FN2/c1-14(2)15-4-3-11-20(12-9-15)13-10-19-17-7-5-16(18)6-8-17/h5-8,14-15,19H,3-4,9-13H2,1-2H3. The van der Waals surface area contributed by atoms with Crippen LogP contribution in [0.1, 0.15) is 33.1 Å². The van der Waals surface area contributed by atoms with Gasteiger partial charge in [-0.3, -0.25) is 0 Å². The van der Waals surface area contributed by atoms with E-state index in [0.717, 1.165) is 30.6 Å². The van der Waals surface area contributed by atoms with Gasteiger partial charge in [0.15, 0.2) is 0 Å². The minimum Gasteiger partial charge on any atom is -0.384 e. The maximum atomic E-state index is 12.8. The van der Waals surface area contributed by atoms with Crippen LogP contribution < -0.4 is 5.32 Å². The molecule has 3 heteroatoms. The number of hydrogen-bond donors (Lipinski definition) is 1. The fraction of sp³-hybridized carbons (Fsp3) is 0.647. The van der Waals surface area contributed by atoms with Crippen LogP contribution in [-0.4, -0.2) is 31.1 Å². The molecule has 2 rings (SSSR count). The molecule has 1 heterocycles. The van der Waals surface area contributed by atoms with Gasteiger partial charge in [0.25, 0.3) is 0 Å². The van der Waals surface area contributed by atoms with E-state index in [1.807, 2.05) is 0 Å². The molecule has 20 heavy (non-hydrogen) atoms. The fourth-order valence-electron chi connectivity index (χ4n) is 3.00. The van der Waals surface area contributed by atoms with E-state index < -0.39 is 0 Å². The summed E-state index contributed by atoms with van der Waals surface area (Å²) >= 11 is 0. The molecule has 1 aromatic rings. The highest BCUT2D eigenvalue weighted by atomic mass is 19.1. The second kappa shape index (κ2) is 7.63. The van der Waals surface area contributed by atoms with Crippen molar-refractivity contribution in [1.82, 2.24) is 4.90 Å². The van der Waals surface area contributed by atoms with Gasteiger partial charge in [-0.25, -0.2) is 4.39 Å². The molecule has 1 unspecified atom stereocenters. The molecular weight excluding hydrogens is 251 g/mol.